The lowest BCUT2D eigenvalue weighted by atomic mass is 9.80. The summed E-state index contributed by atoms with van der Waals surface area (Å²) in [7, 11) is 0. The first-order valence-electron chi connectivity index (χ1n) is 10.9. The molecule has 2 N–H and O–H groups in total. The second-order valence-electron chi connectivity index (χ2n) is 7.54. The lowest BCUT2D eigenvalue weighted by Gasteiger charge is -2.36. The minimum atomic E-state index is -0.594. The largest absolute Gasteiger partial charge is 0.361 e. The van der Waals surface area contributed by atoms with E-state index in [1.165, 1.54) is 42.4 Å². The van der Waals surface area contributed by atoms with E-state index in [0.717, 1.165) is 26.0 Å². The molecule has 152 valence electrons. The van der Waals surface area contributed by atoms with Gasteiger partial charge in [-0.3, -0.25) is 0 Å². The van der Waals surface area contributed by atoms with Crippen molar-refractivity contribution in [1.29, 1.82) is 0 Å². The van der Waals surface area contributed by atoms with Crippen molar-refractivity contribution in [3.63, 3.8) is 0 Å². The molecule has 0 aliphatic heterocycles. The third kappa shape index (κ3) is 5.56. The fourth-order valence-electron chi connectivity index (χ4n) is 3.95. The van der Waals surface area contributed by atoms with Crippen molar-refractivity contribution in [2.45, 2.75) is 44.1 Å². The Bertz CT molecular complexity index is 705. The maximum atomic E-state index is 6.80. The predicted molar refractivity (Wildman–Crippen MR) is 122 cm³/mol. The molecule has 0 fully saturated rings. The maximum Gasteiger partial charge on any atom is 0.143 e. The topological polar surface area (TPSA) is 35.2 Å². The van der Waals surface area contributed by atoms with E-state index in [4.69, 9.17) is 10.5 Å². The first-order chi connectivity index (χ1) is 14.4. The van der Waals surface area contributed by atoms with Crippen LogP contribution in [-0.4, -0.2) is 13.2 Å². The zero-order valence-electron chi connectivity index (χ0n) is 17.3. The van der Waals surface area contributed by atoms with E-state index in [1.807, 2.05) is 0 Å². The van der Waals surface area contributed by atoms with Crippen LogP contribution < -0.4 is 5.73 Å². The fourth-order valence-corrected chi connectivity index (χ4v) is 3.95. The van der Waals surface area contributed by atoms with Crippen molar-refractivity contribution in [1.82, 2.24) is 0 Å². The molecular formula is C27H33NO. The number of hydrogen-bond donors (Lipinski definition) is 1. The summed E-state index contributed by atoms with van der Waals surface area (Å²) in [6.45, 7) is 1.53. The van der Waals surface area contributed by atoms with Gasteiger partial charge in [0.2, 0.25) is 0 Å². The Labute approximate surface area is 175 Å². The van der Waals surface area contributed by atoms with Gasteiger partial charge in [0.05, 0.1) is 0 Å². The zero-order valence-corrected chi connectivity index (χ0v) is 17.3. The molecule has 0 spiro atoms. The maximum absolute atomic E-state index is 6.80. The summed E-state index contributed by atoms with van der Waals surface area (Å²) in [5.74, 6) is 0. The standard InChI is InChI=1S/C27H33NO/c28-22-14-3-1-2-4-15-23-29-27(24-16-8-5-9-17-24,25-18-10-6-11-19-25)26-20-12-7-13-21-26/h5-13,16-21H,1-4,14-15,22-23,28H2. The lowest BCUT2D eigenvalue weighted by Crippen LogP contribution is -2.33. The van der Waals surface area contributed by atoms with Crippen molar-refractivity contribution in [3.8, 4) is 0 Å². The molecule has 0 aliphatic carbocycles. The van der Waals surface area contributed by atoms with Gasteiger partial charge >= 0.3 is 0 Å². The van der Waals surface area contributed by atoms with Crippen molar-refractivity contribution < 1.29 is 4.74 Å². The van der Waals surface area contributed by atoms with Crippen molar-refractivity contribution in [3.05, 3.63) is 108 Å². The van der Waals surface area contributed by atoms with Crippen LogP contribution in [0.3, 0.4) is 0 Å². The summed E-state index contributed by atoms with van der Waals surface area (Å²) in [4.78, 5) is 0. The zero-order chi connectivity index (χ0) is 20.2. The van der Waals surface area contributed by atoms with Gasteiger partial charge in [-0.15, -0.1) is 0 Å². The number of unbranched alkanes of at least 4 members (excludes halogenated alkanes) is 5. The minimum absolute atomic E-state index is 0.594. The number of rotatable bonds is 12. The molecule has 0 aromatic heterocycles. The molecule has 2 heteroatoms. The van der Waals surface area contributed by atoms with E-state index < -0.39 is 5.60 Å². The van der Waals surface area contributed by atoms with E-state index in [9.17, 15) is 0 Å². The molecule has 0 amide bonds. The van der Waals surface area contributed by atoms with Gasteiger partial charge in [0, 0.05) is 6.61 Å². The van der Waals surface area contributed by atoms with Crippen LogP contribution in [-0.2, 0) is 10.3 Å². The molecule has 0 radical (unpaired) electrons. The van der Waals surface area contributed by atoms with Gasteiger partial charge in [-0.2, -0.15) is 0 Å². The molecule has 2 nitrogen and oxygen atoms in total. The van der Waals surface area contributed by atoms with Crippen LogP contribution >= 0.6 is 0 Å². The Balaban J connectivity index is 1.83. The summed E-state index contributed by atoms with van der Waals surface area (Å²) < 4.78 is 6.80. The molecule has 3 aromatic rings. The third-order valence-electron chi connectivity index (χ3n) is 5.46. The van der Waals surface area contributed by atoms with Crippen LogP contribution in [0.4, 0.5) is 0 Å². The van der Waals surface area contributed by atoms with Crippen molar-refractivity contribution >= 4 is 0 Å². The van der Waals surface area contributed by atoms with Crippen LogP contribution in [0.2, 0.25) is 0 Å². The SMILES string of the molecule is NCCCCCCCCOC(c1ccccc1)(c1ccccc1)c1ccccc1. The molecule has 0 aliphatic rings. The quantitative estimate of drug-likeness (QED) is 0.292. The van der Waals surface area contributed by atoms with E-state index >= 15 is 0 Å². The highest BCUT2D eigenvalue weighted by molar-refractivity contribution is 5.47. The first kappa shape index (κ1) is 21.3. The molecule has 3 rings (SSSR count). The number of hydrogen-bond acceptors (Lipinski definition) is 2. The Morgan fingerprint density at radius 1 is 0.517 bits per heavy atom. The normalized spacial score (nSPS) is 11.5. The Kier molecular flexibility index (Phi) is 8.48. The molecule has 0 saturated carbocycles. The molecule has 0 atom stereocenters. The van der Waals surface area contributed by atoms with Gasteiger partial charge in [0.15, 0.2) is 0 Å². The van der Waals surface area contributed by atoms with Gasteiger partial charge in [-0.1, -0.05) is 117 Å². The second-order valence-corrected chi connectivity index (χ2v) is 7.54. The van der Waals surface area contributed by atoms with Gasteiger partial charge in [0.25, 0.3) is 0 Å². The summed E-state index contributed by atoms with van der Waals surface area (Å²) >= 11 is 0. The van der Waals surface area contributed by atoms with Crippen molar-refractivity contribution in [2.24, 2.45) is 5.73 Å². The first-order valence-corrected chi connectivity index (χ1v) is 10.9. The van der Waals surface area contributed by atoms with E-state index in [1.54, 1.807) is 0 Å². The molecular weight excluding hydrogens is 354 g/mol. The van der Waals surface area contributed by atoms with Crippen LogP contribution in [0.1, 0.15) is 55.2 Å². The third-order valence-corrected chi connectivity index (χ3v) is 5.46. The highest BCUT2D eigenvalue weighted by Gasteiger charge is 2.37. The molecule has 0 unspecified atom stereocenters. The molecule has 0 heterocycles. The number of ether oxygens (including phenoxy) is 1. The van der Waals surface area contributed by atoms with E-state index in [2.05, 4.69) is 91.0 Å². The number of nitrogens with two attached hydrogens (primary N) is 1. The highest BCUT2D eigenvalue weighted by atomic mass is 16.5. The second kappa shape index (κ2) is 11.5. The fraction of sp³-hybridized carbons (Fsp3) is 0.333. The predicted octanol–water partition coefficient (Wildman–Crippen LogP) is 6.29. The Morgan fingerprint density at radius 2 is 0.897 bits per heavy atom. The average Bonchev–Trinajstić information content (AvgIpc) is 2.80. The molecule has 3 aromatic carbocycles. The lowest BCUT2D eigenvalue weighted by molar-refractivity contribution is 0.0106. The van der Waals surface area contributed by atoms with Crippen LogP contribution in [0.5, 0.6) is 0 Å². The average molecular weight is 388 g/mol. The van der Waals surface area contributed by atoms with Crippen molar-refractivity contribution in [2.75, 3.05) is 13.2 Å². The molecule has 0 bridgehead atoms. The number of benzene rings is 3. The smallest absolute Gasteiger partial charge is 0.143 e. The van der Waals surface area contributed by atoms with Crippen LogP contribution in [0.15, 0.2) is 91.0 Å². The molecule has 0 saturated heterocycles. The van der Waals surface area contributed by atoms with Gasteiger partial charge in [-0.25, -0.2) is 0 Å². The summed E-state index contributed by atoms with van der Waals surface area (Å²) in [6.07, 6.45) is 7.14. The monoisotopic (exact) mass is 387 g/mol. The van der Waals surface area contributed by atoms with E-state index in [-0.39, 0.29) is 0 Å². The van der Waals surface area contributed by atoms with E-state index in [0.29, 0.717) is 0 Å². The van der Waals surface area contributed by atoms with Crippen LogP contribution in [0, 0.1) is 0 Å². The van der Waals surface area contributed by atoms with Crippen LogP contribution in [0.25, 0.3) is 0 Å². The summed E-state index contributed by atoms with van der Waals surface area (Å²) in [5, 5.41) is 0. The van der Waals surface area contributed by atoms with Gasteiger partial charge < -0.3 is 10.5 Å². The summed E-state index contributed by atoms with van der Waals surface area (Å²) in [6, 6.07) is 31.8. The molecule has 29 heavy (non-hydrogen) atoms. The Hall–Kier alpha value is -2.42. The Morgan fingerprint density at radius 3 is 1.31 bits per heavy atom. The van der Waals surface area contributed by atoms with Gasteiger partial charge in [0.1, 0.15) is 5.60 Å². The minimum Gasteiger partial charge on any atom is -0.361 e. The van der Waals surface area contributed by atoms with Gasteiger partial charge in [-0.05, 0) is 36.1 Å². The summed E-state index contributed by atoms with van der Waals surface area (Å²) in [5.41, 5.74) is 8.49. The highest BCUT2D eigenvalue weighted by Crippen LogP contribution is 2.40.